The molecule has 0 spiro atoms. The van der Waals surface area contributed by atoms with Gasteiger partial charge in [0.2, 0.25) is 0 Å². The molecular weight excluding hydrogens is 685 g/mol. The van der Waals surface area contributed by atoms with Crippen LogP contribution in [0.2, 0.25) is 0 Å². The molecule has 3 N–H and O–H groups in total. The normalized spacial score (nSPS) is 13.7. The minimum absolute atomic E-state index is 0.0252. The summed E-state index contributed by atoms with van der Waals surface area (Å²) < 4.78 is 102. The van der Waals surface area contributed by atoms with E-state index >= 15 is 0 Å². The summed E-state index contributed by atoms with van der Waals surface area (Å²) in [5, 5.41) is 0.708. The molecule has 10 nitrogen and oxygen atoms in total. The second-order valence-electron chi connectivity index (χ2n) is 11.2. The van der Waals surface area contributed by atoms with Crippen LogP contribution < -0.4 is 15.2 Å². The Kier molecular flexibility index (Phi) is 9.05. The van der Waals surface area contributed by atoms with Crippen molar-refractivity contribution >= 4 is 44.1 Å². The Bertz CT molecular complexity index is 2220. The van der Waals surface area contributed by atoms with E-state index < -0.39 is 51.3 Å². The Hall–Kier alpha value is -5.77. The van der Waals surface area contributed by atoms with Crippen LogP contribution in [0.1, 0.15) is 20.7 Å². The molecule has 2 amide bonds. The van der Waals surface area contributed by atoms with Gasteiger partial charge in [-0.2, -0.15) is 0 Å². The third kappa shape index (κ3) is 7.29. The lowest BCUT2D eigenvalue weighted by molar-refractivity contribution is -0.274. The average Bonchev–Trinajstić information content (AvgIpc) is 3.07. The smallest absolute Gasteiger partial charge is 0.404 e. The van der Waals surface area contributed by atoms with Crippen molar-refractivity contribution in [3.05, 3.63) is 114 Å². The molecule has 258 valence electrons. The fourth-order valence-electron chi connectivity index (χ4n) is 5.62. The number of nitrogens with one attached hydrogen (secondary N) is 1. The van der Waals surface area contributed by atoms with Crippen LogP contribution in [-0.4, -0.2) is 67.6 Å². The molecule has 1 saturated heterocycles. The van der Waals surface area contributed by atoms with Crippen LogP contribution in [0.25, 0.3) is 22.0 Å². The molecule has 16 heteroatoms. The van der Waals surface area contributed by atoms with Crippen molar-refractivity contribution in [2.75, 3.05) is 36.6 Å². The van der Waals surface area contributed by atoms with Crippen molar-refractivity contribution in [1.82, 2.24) is 14.8 Å². The topological polar surface area (TPSA) is 135 Å². The van der Waals surface area contributed by atoms with Crippen LogP contribution in [0.3, 0.4) is 0 Å². The molecule has 2 heterocycles. The lowest BCUT2D eigenvalue weighted by Crippen LogP contribution is -2.50. The number of amides is 2. The molecule has 6 rings (SSSR count). The number of para-hydroxylation sites is 1. The molecule has 1 aliphatic heterocycles. The van der Waals surface area contributed by atoms with Crippen molar-refractivity contribution in [3.8, 4) is 16.9 Å². The zero-order chi connectivity index (χ0) is 35.8. The SMILES string of the molecule is Nc1ccc(S(=O)(=O)Nc2ccc(C(=O)N3CCN(C(=O)c4cc(F)cc(F)c4)CC3)cc2OC(F)(F)F)c(-c2cccc3cccnc23)c1. The van der Waals surface area contributed by atoms with Gasteiger partial charge in [0, 0.05) is 71.8 Å². The molecule has 0 radical (unpaired) electrons. The highest BCUT2D eigenvalue weighted by atomic mass is 32.2. The minimum Gasteiger partial charge on any atom is -0.404 e. The van der Waals surface area contributed by atoms with E-state index in [1.807, 2.05) is 0 Å². The first-order valence-corrected chi connectivity index (χ1v) is 16.4. The molecule has 0 aliphatic carbocycles. The molecule has 0 saturated carbocycles. The van der Waals surface area contributed by atoms with Crippen molar-refractivity contribution < 1.29 is 44.7 Å². The summed E-state index contributed by atoms with van der Waals surface area (Å²) in [5.74, 6) is -4.23. The summed E-state index contributed by atoms with van der Waals surface area (Å²) in [6.45, 7) is -0.143. The van der Waals surface area contributed by atoms with Crippen LogP contribution >= 0.6 is 0 Å². The summed E-state index contributed by atoms with van der Waals surface area (Å²) in [6.07, 6.45) is -3.73. The maximum Gasteiger partial charge on any atom is 0.573 e. The number of halogens is 5. The zero-order valence-electron chi connectivity index (χ0n) is 25.7. The fourth-order valence-corrected chi connectivity index (χ4v) is 6.89. The number of carbonyl (C=O) groups excluding carboxylic acids is 2. The monoisotopic (exact) mass is 711 g/mol. The third-order valence-corrected chi connectivity index (χ3v) is 9.30. The van der Waals surface area contributed by atoms with Gasteiger partial charge in [-0.25, -0.2) is 17.2 Å². The number of carbonyl (C=O) groups is 2. The van der Waals surface area contributed by atoms with Gasteiger partial charge in [0.25, 0.3) is 21.8 Å². The highest BCUT2D eigenvalue weighted by Gasteiger charge is 2.34. The van der Waals surface area contributed by atoms with Gasteiger partial charge in [-0.05, 0) is 54.6 Å². The van der Waals surface area contributed by atoms with Crippen LogP contribution in [0.15, 0.2) is 96.0 Å². The van der Waals surface area contributed by atoms with E-state index in [2.05, 4.69) is 14.4 Å². The molecule has 0 bridgehead atoms. The number of nitrogen functional groups attached to an aromatic ring is 1. The Morgan fingerprint density at radius 1 is 0.780 bits per heavy atom. The molecule has 1 aliphatic rings. The number of piperazine rings is 1. The van der Waals surface area contributed by atoms with Gasteiger partial charge >= 0.3 is 6.36 Å². The van der Waals surface area contributed by atoms with E-state index in [0.717, 1.165) is 30.3 Å². The Morgan fingerprint density at radius 3 is 2.08 bits per heavy atom. The van der Waals surface area contributed by atoms with Gasteiger partial charge < -0.3 is 20.3 Å². The van der Waals surface area contributed by atoms with Gasteiger partial charge in [-0.1, -0.05) is 24.3 Å². The van der Waals surface area contributed by atoms with E-state index in [9.17, 15) is 40.0 Å². The summed E-state index contributed by atoms with van der Waals surface area (Å²) in [5.41, 5.74) is 6.18. The zero-order valence-corrected chi connectivity index (χ0v) is 26.6. The summed E-state index contributed by atoms with van der Waals surface area (Å²) >= 11 is 0. The first-order valence-electron chi connectivity index (χ1n) is 14.9. The predicted molar refractivity (Wildman–Crippen MR) is 174 cm³/mol. The summed E-state index contributed by atoms with van der Waals surface area (Å²) in [4.78, 5) is 32.7. The van der Waals surface area contributed by atoms with E-state index in [-0.39, 0.29) is 53.5 Å². The van der Waals surface area contributed by atoms with Crippen LogP contribution in [0, 0.1) is 11.6 Å². The number of nitrogens with zero attached hydrogens (tertiary/aromatic N) is 3. The highest BCUT2D eigenvalue weighted by Crippen LogP contribution is 2.37. The maximum atomic E-state index is 13.8. The third-order valence-electron chi connectivity index (χ3n) is 7.88. The number of anilines is 2. The molecule has 4 aromatic carbocycles. The number of ether oxygens (including phenoxy) is 1. The van der Waals surface area contributed by atoms with Crippen LogP contribution in [0.5, 0.6) is 5.75 Å². The van der Waals surface area contributed by atoms with Gasteiger partial charge in [-0.3, -0.25) is 19.3 Å². The summed E-state index contributed by atoms with van der Waals surface area (Å²) in [6, 6.07) is 17.8. The number of pyridine rings is 1. The number of nitrogens with two attached hydrogens (primary N) is 1. The standard InChI is InChI=1S/C34H26F5N5O5S/c35-23-15-22(16-24(36)18-23)33(46)44-13-11-43(12-14-44)32(45)21-6-8-28(29(17-21)49-34(37,38)39)42-50(47,48)30-9-7-25(40)19-27(30)26-5-1-3-20-4-2-10-41-31(20)26/h1-10,15-19,42H,11-14,40H2. The molecular formula is C34H26F5N5O5S. The van der Waals surface area contributed by atoms with Crippen molar-refractivity contribution in [2.24, 2.45) is 0 Å². The number of rotatable bonds is 7. The number of fused-ring (bicyclic) bond motifs is 1. The number of hydrogen-bond acceptors (Lipinski definition) is 7. The lowest BCUT2D eigenvalue weighted by atomic mass is 10.0. The Balaban J connectivity index is 1.26. The number of alkyl halides is 3. The number of hydrogen-bond donors (Lipinski definition) is 2. The molecule has 1 aromatic heterocycles. The second-order valence-corrected chi connectivity index (χ2v) is 12.9. The first-order chi connectivity index (χ1) is 23.7. The quantitative estimate of drug-likeness (QED) is 0.155. The van der Waals surface area contributed by atoms with Crippen molar-refractivity contribution in [3.63, 3.8) is 0 Å². The van der Waals surface area contributed by atoms with Gasteiger partial charge in [-0.15, -0.1) is 13.2 Å². The predicted octanol–water partition coefficient (Wildman–Crippen LogP) is 6.06. The van der Waals surface area contributed by atoms with E-state index in [0.29, 0.717) is 22.5 Å². The van der Waals surface area contributed by atoms with E-state index in [1.165, 1.54) is 34.2 Å². The highest BCUT2D eigenvalue weighted by molar-refractivity contribution is 7.92. The second kappa shape index (κ2) is 13.3. The number of benzene rings is 4. The van der Waals surface area contributed by atoms with Crippen molar-refractivity contribution in [2.45, 2.75) is 11.3 Å². The lowest BCUT2D eigenvalue weighted by Gasteiger charge is -2.35. The van der Waals surface area contributed by atoms with Crippen molar-refractivity contribution in [1.29, 1.82) is 0 Å². The fraction of sp³-hybridized carbons (Fsp3) is 0.147. The molecule has 0 unspecified atom stereocenters. The molecule has 50 heavy (non-hydrogen) atoms. The van der Waals surface area contributed by atoms with Gasteiger partial charge in [0.1, 0.15) is 11.6 Å². The maximum absolute atomic E-state index is 13.8. The largest absolute Gasteiger partial charge is 0.573 e. The average molecular weight is 712 g/mol. The molecule has 0 atom stereocenters. The molecule has 1 fully saturated rings. The molecule has 5 aromatic rings. The van der Waals surface area contributed by atoms with Gasteiger partial charge in [0.15, 0.2) is 5.75 Å². The summed E-state index contributed by atoms with van der Waals surface area (Å²) in [7, 11) is -4.61. The first kappa shape index (κ1) is 34.1. The Morgan fingerprint density at radius 2 is 1.42 bits per heavy atom. The van der Waals surface area contributed by atoms with E-state index in [4.69, 9.17) is 5.73 Å². The van der Waals surface area contributed by atoms with Gasteiger partial charge in [0.05, 0.1) is 16.1 Å². The van der Waals surface area contributed by atoms with Crippen LogP contribution in [-0.2, 0) is 10.0 Å². The number of aromatic nitrogens is 1. The number of sulfonamides is 1. The minimum atomic E-state index is -5.26. The van der Waals surface area contributed by atoms with Crippen LogP contribution in [0.4, 0.5) is 33.3 Å². The Labute approximate surface area is 281 Å². The van der Waals surface area contributed by atoms with E-state index in [1.54, 1.807) is 30.3 Å².